The van der Waals surface area contributed by atoms with E-state index in [4.69, 9.17) is 4.74 Å². The highest BCUT2D eigenvalue weighted by molar-refractivity contribution is 6.09. The van der Waals surface area contributed by atoms with E-state index < -0.39 is 23.3 Å². The third-order valence-electron chi connectivity index (χ3n) is 4.65. The minimum atomic E-state index is -1.93. The molecule has 0 radical (unpaired) electrons. The third-order valence-corrected chi connectivity index (χ3v) is 4.65. The number of amides is 1. The highest BCUT2D eigenvalue weighted by Crippen LogP contribution is 2.45. The van der Waals surface area contributed by atoms with Gasteiger partial charge in [-0.25, -0.2) is 14.7 Å². The minimum Gasteiger partial charge on any atom is -0.446 e. The lowest BCUT2D eigenvalue weighted by Crippen LogP contribution is -2.30. The third kappa shape index (κ3) is 3.45. The normalized spacial score (nSPS) is 19.1. The van der Waals surface area contributed by atoms with Crippen molar-refractivity contribution >= 4 is 28.3 Å². The number of nitrogens with one attached hydrogen (secondary N) is 2. The van der Waals surface area contributed by atoms with Crippen LogP contribution in [-0.2, 0) is 19.2 Å². The smallest absolute Gasteiger partial charge is 0.280 e. The van der Waals surface area contributed by atoms with Gasteiger partial charge in [-0.05, 0) is 18.6 Å². The lowest BCUT2D eigenvalue weighted by molar-refractivity contribution is -0.128. The average molecular weight is 388 g/mol. The highest BCUT2D eigenvalue weighted by atomic mass is 19.1. The van der Waals surface area contributed by atoms with Crippen LogP contribution in [0, 0.1) is 5.82 Å². The molecule has 8 heteroatoms. The van der Waals surface area contributed by atoms with E-state index in [0.29, 0.717) is 11.8 Å². The standard InChI is InChI=1S/C20H21FN2O5/c1-3-4-5-9-20(26)17(16(15(11-24)28-20)19(25)23-27-2)14-10-12-7-6-8-13(21)18(12)22-14/h6-8,10,22,26H,3-5,9H2,1-2H3,(H,23,25). The molecule has 2 aromatic rings. The number of hydroxylamine groups is 1. The summed E-state index contributed by atoms with van der Waals surface area (Å²) in [6.07, 6.45) is 2.46. The highest BCUT2D eigenvalue weighted by Gasteiger charge is 2.48. The van der Waals surface area contributed by atoms with Gasteiger partial charge in [0.05, 0.1) is 23.9 Å². The largest absolute Gasteiger partial charge is 0.446 e. The Balaban J connectivity index is 2.21. The summed E-state index contributed by atoms with van der Waals surface area (Å²) in [4.78, 5) is 31.5. The summed E-state index contributed by atoms with van der Waals surface area (Å²) in [5.41, 5.74) is 2.46. The van der Waals surface area contributed by atoms with Crippen molar-refractivity contribution in [1.82, 2.24) is 10.5 Å². The van der Waals surface area contributed by atoms with Crippen LogP contribution in [0.2, 0.25) is 0 Å². The molecule has 0 saturated carbocycles. The number of carbonyl (C=O) groups is 1. The second kappa shape index (κ2) is 7.98. The van der Waals surface area contributed by atoms with E-state index in [1.165, 1.54) is 13.2 Å². The molecular formula is C20H21FN2O5. The number of aliphatic hydroxyl groups is 1. The fourth-order valence-corrected chi connectivity index (χ4v) is 3.40. The predicted molar refractivity (Wildman–Crippen MR) is 99.7 cm³/mol. The molecule has 7 nitrogen and oxygen atoms in total. The van der Waals surface area contributed by atoms with Gasteiger partial charge in [-0.15, -0.1) is 0 Å². The Kier molecular flexibility index (Phi) is 5.65. The van der Waals surface area contributed by atoms with Gasteiger partial charge in [0, 0.05) is 11.8 Å². The minimum absolute atomic E-state index is 0.0482. The maximum absolute atomic E-state index is 14.1. The summed E-state index contributed by atoms with van der Waals surface area (Å²) in [5, 5.41) is 11.7. The summed E-state index contributed by atoms with van der Waals surface area (Å²) in [6.45, 7) is 2.00. The van der Waals surface area contributed by atoms with Gasteiger partial charge in [-0.3, -0.25) is 9.63 Å². The summed E-state index contributed by atoms with van der Waals surface area (Å²) >= 11 is 0. The Morgan fingerprint density at radius 2 is 2.21 bits per heavy atom. The second-order valence-corrected chi connectivity index (χ2v) is 6.55. The van der Waals surface area contributed by atoms with Crippen LogP contribution in [0.5, 0.6) is 0 Å². The van der Waals surface area contributed by atoms with Gasteiger partial charge in [0.1, 0.15) is 11.4 Å². The van der Waals surface area contributed by atoms with Gasteiger partial charge < -0.3 is 14.8 Å². The number of fused-ring (bicyclic) bond motifs is 1. The molecule has 3 rings (SSSR count). The van der Waals surface area contributed by atoms with Crippen molar-refractivity contribution in [1.29, 1.82) is 0 Å². The van der Waals surface area contributed by atoms with Crippen molar-refractivity contribution in [3.63, 3.8) is 0 Å². The quantitative estimate of drug-likeness (QED) is 0.385. The van der Waals surface area contributed by atoms with Crippen molar-refractivity contribution < 1.29 is 28.7 Å². The van der Waals surface area contributed by atoms with E-state index in [1.54, 1.807) is 24.1 Å². The molecule has 0 saturated heterocycles. The number of H-pyrrole nitrogens is 1. The molecule has 1 atom stereocenters. The summed E-state index contributed by atoms with van der Waals surface area (Å²) in [6, 6.07) is 6.13. The monoisotopic (exact) mass is 388 g/mol. The second-order valence-electron chi connectivity index (χ2n) is 6.55. The summed E-state index contributed by atoms with van der Waals surface area (Å²) < 4.78 is 19.6. The Hall–Kier alpha value is -2.93. The molecule has 0 bridgehead atoms. The van der Waals surface area contributed by atoms with Gasteiger partial charge in [0.2, 0.25) is 11.5 Å². The van der Waals surface area contributed by atoms with Crippen molar-refractivity contribution in [2.24, 2.45) is 0 Å². The zero-order valence-corrected chi connectivity index (χ0v) is 15.6. The molecule has 1 aromatic carbocycles. The summed E-state index contributed by atoms with van der Waals surface area (Å²) in [5.74, 6) is -2.05. The van der Waals surface area contributed by atoms with Crippen LogP contribution in [0.25, 0.3) is 16.5 Å². The van der Waals surface area contributed by atoms with Crippen molar-refractivity contribution in [3.8, 4) is 0 Å². The SMILES string of the molecule is CCCCCC1(O)OC(=C=O)C(C(=O)NOC)=C1c1cc2cccc(F)c2[nH]1. The Labute approximate surface area is 160 Å². The average Bonchev–Trinajstić information content (AvgIpc) is 3.21. The van der Waals surface area contributed by atoms with E-state index in [0.717, 1.165) is 12.8 Å². The van der Waals surface area contributed by atoms with E-state index >= 15 is 0 Å². The number of para-hydroxylation sites is 1. The Bertz CT molecular complexity index is 990. The van der Waals surface area contributed by atoms with Gasteiger partial charge in [-0.1, -0.05) is 31.9 Å². The molecule has 0 spiro atoms. The van der Waals surface area contributed by atoms with E-state index in [2.05, 4.69) is 15.3 Å². The maximum Gasteiger partial charge on any atom is 0.280 e. The first-order valence-electron chi connectivity index (χ1n) is 8.97. The lowest BCUT2D eigenvalue weighted by Gasteiger charge is -2.25. The van der Waals surface area contributed by atoms with Crippen LogP contribution in [0.15, 0.2) is 35.6 Å². The van der Waals surface area contributed by atoms with Gasteiger partial charge in [0.25, 0.3) is 5.91 Å². The van der Waals surface area contributed by atoms with Crippen molar-refractivity contribution in [3.05, 3.63) is 47.1 Å². The number of hydrogen-bond acceptors (Lipinski definition) is 5. The zero-order valence-electron chi connectivity index (χ0n) is 15.6. The fraction of sp³-hybridized carbons (Fsp3) is 0.350. The predicted octanol–water partition coefficient (Wildman–Crippen LogP) is 2.75. The fourth-order valence-electron chi connectivity index (χ4n) is 3.40. The van der Waals surface area contributed by atoms with Gasteiger partial charge in [-0.2, -0.15) is 0 Å². The van der Waals surface area contributed by atoms with Gasteiger partial charge in [0.15, 0.2) is 5.94 Å². The molecule has 2 heterocycles. The molecule has 0 aliphatic carbocycles. The Morgan fingerprint density at radius 3 is 2.86 bits per heavy atom. The first-order valence-corrected chi connectivity index (χ1v) is 8.97. The van der Waals surface area contributed by atoms with Crippen LogP contribution in [0.3, 0.4) is 0 Å². The molecule has 1 amide bonds. The van der Waals surface area contributed by atoms with Crippen molar-refractivity contribution in [2.75, 3.05) is 7.11 Å². The molecule has 1 aliphatic heterocycles. The van der Waals surface area contributed by atoms with Crippen LogP contribution >= 0.6 is 0 Å². The number of aromatic nitrogens is 1. The van der Waals surface area contributed by atoms with Crippen LogP contribution in [0.4, 0.5) is 4.39 Å². The van der Waals surface area contributed by atoms with E-state index in [9.17, 15) is 19.1 Å². The molecular weight excluding hydrogens is 367 g/mol. The molecule has 0 fully saturated rings. The van der Waals surface area contributed by atoms with Crippen LogP contribution in [-0.4, -0.2) is 34.8 Å². The number of benzene rings is 1. The number of carbonyl (C=O) groups excluding carboxylic acids is 2. The molecule has 28 heavy (non-hydrogen) atoms. The zero-order chi connectivity index (χ0) is 20.3. The maximum atomic E-state index is 14.1. The Morgan fingerprint density at radius 1 is 1.43 bits per heavy atom. The molecule has 1 aliphatic rings. The van der Waals surface area contributed by atoms with Gasteiger partial charge >= 0.3 is 0 Å². The van der Waals surface area contributed by atoms with E-state index in [-0.39, 0.29) is 28.8 Å². The number of ether oxygens (including phenoxy) is 1. The number of hydrogen-bond donors (Lipinski definition) is 3. The number of halogens is 1. The molecule has 3 N–H and O–H groups in total. The number of unbranched alkanes of at least 4 members (excludes halogenated alkanes) is 2. The lowest BCUT2D eigenvalue weighted by atomic mass is 9.93. The first kappa shape index (κ1) is 19.8. The molecule has 1 unspecified atom stereocenters. The van der Waals surface area contributed by atoms with E-state index in [1.807, 2.05) is 6.92 Å². The van der Waals surface area contributed by atoms with Crippen LogP contribution < -0.4 is 5.48 Å². The number of aromatic amines is 1. The number of rotatable bonds is 7. The van der Waals surface area contributed by atoms with Crippen molar-refractivity contribution in [2.45, 2.75) is 38.4 Å². The summed E-state index contributed by atoms with van der Waals surface area (Å²) in [7, 11) is 1.24. The molecule has 1 aromatic heterocycles. The topological polar surface area (TPSA) is 101 Å². The van der Waals surface area contributed by atoms with Crippen LogP contribution in [0.1, 0.15) is 38.3 Å². The molecule has 148 valence electrons. The first-order chi connectivity index (χ1) is 13.4.